The Balaban J connectivity index is 1.35. The standard InChI is InChI=1S/C22H18FN3O/c23-18-4-10-22-17(12-18)3-5-20(26-22)15-27-21-8-6-19(7-9-21)25-14-16-2-1-11-24-13-16/h1-13,25H,14-15H2. The molecule has 0 saturated carbocycles. The van der Waals surface area contributed by atoms with E-state index in [1.54, 1.807) is 12.3 Å². The fourth-order valence-corrected chi connectivity index (χ4v) is 2.75. The van der Waals surface area contributed by atoms with Crippen LogP contribution in [0.2, 0.25) is 0 Å². The van der Waals surface area contributed by atoms with E-state index in [-0.39, 0.29) is 5.82 Å². The first kappa shape index (κ1) is 17.0. The van der Waals surface area contributed by atoms with Crippen molar-refractivity contribution in [3.63, 3.8) is 0 Å². The van der Waals surface area contributed by atoms with Crippen molar-refractivity contribution in [2.45, 2.75) is 13.2 Å². The van der Waals surface area contributed by atoms with Gasteiger partial charge < -0.3 is 10.1 Å². The second-order valence-electron chi connectivity index (χ2n) is 6.17. The summed E-state index contributed by atoms with van der Waals surface area (Å²) >= 11 is 0. The molecule has 0 spiro atoms. The van der Waals surface area contributed by atoms with E-state index in [2.05, 4.69) is 15.3 Å². The number of ether oxygens (including phenoxy) is 1. The number of anilines is 1. The van der Waals surface area contributed by atoms with Crippen LogP contribution in [0.5, 0.6) is 5.75 Å². The summed E-state index contributed by atoms with van der Waals surface area (Å²) in [6, 6.07) is 20.0. The van der Waals surface area contributed by atoms with Crippen LogP contribution in [0.4, 0.5) is 10.1 Å². The van der Waals surface area contributed by atoms with E-state index in [9.17, 15) is 4.39 Å². The van der Waals surface area contributed by atoms with E-state index in [0.717, 1.165) is 40.1 Å². The molecule has 0 radical (unpaired) electrons. The number of nitrogens with one attached hydrogen (secondary N) is 1. The monoisotopic (exact) mass is 359 g/mol. The molecular formula is C22H18FN3O. The highest BCUT2D eigenvalue weighted by molar-refractivity contribution is 5.78. The van der Waals surface area contributed by atoms with Crippen molar-refractivity contribution in [3.8, 4) is 5.75 Å². The van der Waals surface area contributed by atoms with Crippen LogP contribution in [0.25, 0.3) is 10.9 Å². The van der Waals surface area contributed by atoms with Crippen LogP contribution < -0.4 is 10.1 Å². The maximum atomic E-state index is 13.2. The summed E-state index contributed by atoms with van der Waals surface area (Å²) in [5.41, 5.74) is 3.69. The molecule has 2 aromatic heterocycles. The fraction of sp³-hybridized carbons (Fsp3) is 0.0909. The van der Waals surface area contributed by atoms with E-state index < -0.39 is 0 Å². The lowest BCUT2D eigenvalue weighted by Gasteiger charge is -2.09. The molecule has 0 aliphatic rings. The Kier molecular flexibility index (Phi) is 4.92. The molecule has 0 bridgehead atoms. The van der Waals surface area contributed by atoms with Crippen LogP contribution in [0.15, 0.2) is 79.1 Å². The van der Waals surface area contributed by atoms with Gasteiger partial charge in [0.2, 0.25) is 0 Å². The first-order chi connectivity index (χ1) is 13.3. The van der Waals surface area contributed by atoms with E-state index in [1.807, 2.05) is 54.7 Å². The molecule has 134 valence electrons. The molecule has 5 heteroatoms. The van der Waals surface area contributed by atoms with Gasteiger partial charge in [-0.15, -0.1) is 0 Å². The molecule has 1 N–H and O–H groups in total. The largest absolute Gasteiger partial charge is 0.487 e. The lowest BCUT2D eigenvalue weighted by molar-refractivity contribution is 0.302. The third-order valence-corrected chi connectivity index (χ3v) is 4.17. The first-order valence-corrected chi connectivity index (χ1v) is 8.67. The summed E-state index contributed by atoms with van der Waals surface area (Å²) < 4.78 is 19.0. The second-order valence-corrected chi connectivity index (χ2v) is 6.17. The number of nitrogens with zero attached hydrogens (tertiary/aromatic N) is 2. The van der Waals surface area contributed by atoms with Crippen molar-refractivity contribution >= 4 is 16.6 Å². The van der Waals surface area contributed by atoms with Crippen LogP contribution in [-0.4, -0.2) is 9.97 Å². The predicted molar refractivity (Wildman–Crippen MR) is 104 cm³/mol. The summed E-state index contributed by atoms with van der Waals surface area (Å²) in [5, 5.41) is 4.13. The molecule has 0 atom stereocenters. The third-order valence-electron chi connectivity index (χ3n) is 4.17. The van der Waals surface area contributed by atoms with Gasteiger partial charge in [-0.1, -0.05) is 12.1 Å². The van der Waals surface area contributed by atoms with Gasteiger partial charge in [0, 0.05) is 30.0 Å². The highest BCUT2D eigenvalue weighted by atomic mass is 19.1. The predicted octanol–water partition coefficient (Wildman–Crippen LogP) is 4.96. The number of pyridine rings is 2. The van der Waals surface area contributed by atoms with Crippen LogP contribution in [0.1, 0.15) is 11.3 Å². The zero-order valence-corrected chi connectivity index (χ0v) is 14.6. The number of hydrogen-bond acceptors (Lipinski definition) is 4. The topological polar surface area (TPSA) is 47.0 Å². The summed E-state index contributed by atoms with van der Waals surface area (Å²) in [7, 11) is 0. The molecule has 2 heterocycles. The van der Waals surface area contributed by atoms with E-state index in [1.165, 1.54) is 12.1 Å². The Morgan fingerprint density at radius 1 is 0.963 bits per heavy atom. The molecule has 0 aliphatic carbocycles. The fourth-order valence-electron chi connectivity index (χ4n) is 2.75. The minimum absolute atomic E-state index is 0.259. The Labute approximate surface area is 156 Å². The summed E-state index contributed by atoms with van der Waals surface area (Å²) in [5.74, 6) is 0.508. The minimum atomic E-state index is -0.259. The van der Waals surface area contributed by atoms with Gasteiger partial charge in [-0.25, -0.2) is 9.37 Å². The minimum Gasteiger partial charge on any atom is -0.487 e. The van der Waals surface area contributed by atoms with E-state index in [0.29, 0.717) is 6.61 Å². The van der Waals surface area contributed by atoms with Crippen LogP contribution in [0, 0.1) is 5.82 Å². The van der Waals surface area contributed by atoms with E-state index in [4.69, 9.17) is 4.74 Å². The lowest BCUT2D eigenvalue weighted by atomic mass is 10.2. The third kappa shape index (κ3) is 4.39. The SMILES string of the molecule is Fc1ccc2nc(COc3ccc(NCc4cccnc4)cc3)ccc2c1. The van der Waals surface area contributed by atoms with Crippen molar-refractivity contribution in [2.75, 3.05) is 5.32 Å². The normalized spacial score (nSPS) is 10.7. The highest BCUT2D eigenvalue weighted by Gasteiger charge is 2.02. The van der Waals surface area contributed by atoms with Crippen molar-refractivity contribution in [1.29, 1.82) is 0 Å². The Morgan fingerprint density at radius 2 is 1.85 bits per heavy atom. The molecule has 27 heavy (non-hydrogen) atoms. The summed E-state index contributed by atoms with van der Waals surface area (Å²) in [6.07, 6.45) is 3.60. The number of aromatic nitrogens is 2. The Morgan fingerprint density at radius 3 is 2.67 bits per heavy atom. The van der Waals surface area contributed by atoms with Gasteiger partial charge in [0.05, 0.1) is 11.2 Å². The summed E-state index contributed by atoms with van der Waals surface area (Å²) in [4.78, 5) is 8.60. The average Bonchev–Trinajstić information content (AvgIpc) is 2.72. The Bertz CT molecular complexity index is 1040. The molecule has 0 saturated heterocycles. The maximum absolute atomic E-state index is 13.2. The first-order valence-electron chi connectivity index (χ1n) is 8.67. The van der Waals surface area contributed by atoms with Gasteiger partial charge in [-0.3, -0.25) is 4.98 Å². The van der Waals surface area contributed by atoms with Crippen molar-refractivity contribution in [2.24, 2.45) is 0 Å². The van der Waals surface area contributed by atoms with Gasteiger partial charge in [0.15, 0.2) is 0 Å². The zero-order chi connectivity index (χ0) is 18.5. The maximum Gasteiger partial charge on any atom is 0.130 e. The zero-order valence-electron chi connectivity index (χ0n) is 14.6. The van der Waals surface area contributed by atoms with Gasteiger partial charge in [-0.05, 0) is 60.2 Å². The molecule has 4 aromatic rings. The molecule has 2 aromatic carbocycles. The van der Waals surface area contributed by atoms with Crippen LogP contribution in [-0.2, 0) is 13.2 Å². The molecule has 0 aliphatic heterocycles. The van der Waals surface area contributed by atoms with Crippen LogP contribution in [0.3, 0.4) is 0 Å². The summed E-state index contributed by atoms with van der Waals surface area (Å²) in [6.45, 7) is 1.07. The highest BCUT2D eigenvalue weighted by Crippen LogP contribution is 2.19. The van der Waals surface area contributed by atoms with E-state index >= 15 is 0 Å². The molecule has 4 rings (SSSR count). The molecular weight excluding hydrogens is 341 g/mol. The number of fused-ring (bicyclic) bond motifs is 1. The smallest absolute Gasteiger partial charge is 0.130 e. The Hall–Kier alpha value is -3.47. The number of benzene rings is 2. The number of hydrogen-bond donors (Lipinski definition) is 1. The van der Waals surface area contributed by atoms with Crippen molar-refractivity contribution in [3.05, 3.63) is 96.2 Å². The molecule has 0 amide bonds. The molecule has 0 unspecified atom stereocenters. The quantitative estimate of drug-likeness (QED) is 0.529. The van der Waals surface area contributed by atoms with Gasteiger partial charge in [0.25, 0.3) is 0 Å². The van der Waals surface area contributed by atoms with Gasteiger partial charge in [-0.2, -0.15) is 0 Å². The van der Waals surface area contributed by atoms with Gasteiger partial charge in [0.1, 0.15) is 18.2 Å². The second kappa shape index (κ2) is 7.83. The number of halogens is 1. The van der Waals surface area contributed by atoms with Crippen molar-refractivity contribution in [1.82, 2.24) is 9.97 Å². The lowest BCUT2D eigenvalue weighted by Crippen LogP contribution is -2.00. The number of rotatable bonds is 6. The molecule has 0 fully saturated rings. The average molecular weight is 359 g/mol. The molecule has 4 nitrogen and oxygen atoms in total. The van der Waals surface area contributed by atoms with Crippen LogP contribution >= 0.6 is 0 Å². The van der Waals surface area contributed by atoms with Gasteiger partial charge >= 0.3 is 0 Å². The van der Waals surface area contributed by atoms with Crippen molar-refractivity contribution < 1.29 is 9.13 Å².